The number of nitrogens with zero attached hydrogens (tertiary/aromatic N) is 1. The van der Waals surface area contributed by atoms with Crippen molar-refractivity contribution in [1.82, 2.24) is 4.90 Å². The SMILES string of the molecule is C/C=C/CN1CC(C)CCC1C. The quantitative estimate of drug-likeness (QED) is 0.572. The van der Waals surface area contributed by atoms with Gasteiger partial charge in [-0.3, -0.25) is 4.90 Å². The summed E-state index contributed by atoms with van der Waals surface area (Å²) in [4.78, 5) is 2.58. The number of allylic oxidation sites excluding steroid dienone is 1. The van der Waals surface area contributed by atoms with Crippen LogP contribution in [0.15, 0.2) is 12.2 Å². The monoisotopic (exact) mass is 167 g/mol. The molecule has 1 rings (SSSR count). The Balaban J connectivity index is 2.38. The van der Waals surface area contributed by atoms with E-state index in [1.54, 1.807) is 0 Å². The molecule has 0 N–H and O–H groups in total. The summed E-state index contributed by atoms with van der Waals surface area (Å²) in [5, 5.41) is 0. The van der Waals surface area contributed by atoms with Crippen LogP contribution in [0.25, 0.3) is 0 Å². The maximum absolute atomic E-state index is 2.58. The van der Waals surface area contributed by atoms with Crippen LogP contribution in [-0.4, -0.2) is 24.0 Å². The van der Waals surface area contributed by atoms with Gasteiger partial charge in [0.2, 0.25) is 0 Å². The largest absolute Gasteiger partial charge is 0.297 e. The Kier molecular flexibility index (Phi) is 3.80. The first-order chi connectivity index (χ1) is 5.74. The third-order valence-electron chi connectivity index (χ3n) is 2.82. The molecule has 0 aliphatic carbocycles. The van der Waals surface area contributed by atoms with E-state index in [1.807, 2.05) is 0 Å². The molecule has 0 saturated carbocycles. The zero-order valence-electron chi connectivity index (χ0n) is 8.59. The molecule has 0 aromatic heterocycles. The summed E-state index contributed by atoms with van der Waals surface area (Å²) in [6.07, 6.45) is 7.19. The standard InChI is InChI=1S/C11H21N/c1-4-5-8-12-9-10(2)6-7-11(12)3/h4-5,10-11H,6-9H2,1-3H3/b5-4+. The second-order valence-corrected chi connectivity index (χ2v) is 4.05. The van der Waals surface area contributed by atoms with Gasteiger partial charge in [-0.15, -0.1) is 0 Å². The predicted molar refractivity (Wildman–Crippen MR) is 54.2 cm³/mol. The van der Waals surface area contributed by atoms with Crippen LogP contribution in [0.4, 0.5) is 0 Å². The smallest absolute Gasteiger partial charge is 0.0166 e. The van der Waals surface area contributed by atoms with Crippen LogP contribution in [0.2, 0.25) is 0 Å². The van der Waals surface area contributed by atoms with Gasteiger partial charge in [0.1, 0.15) is 0 Å². The summed E-state index contributed by atoms with van der Waals surface area (Å²) >= 11 is 0. The first-order valence-corrected chi connectivity index (χ1v) is 5.09. The van der Waals surface area contributed by atoms with Crippen LogP contribution in [-0.2, 0) is 0 Å². The Morgan fingerprint density at radius 2 is 2.08 bits per heavy atom. The third kappa shape index (κ3) is 2.63. The molecule has 70 valence electrons. The van der Waals surface area contributed by atoms with Crippen LogP contribution < -0.4 is 0 Å². The van der Waals surface area contributed by atoms with E-state index in [9.17, 15) is 0 Å². The molecule has 0 spiro atoms. The lowest BCUT2D eigenvalue weighted by Crippen LogP contribution is -2.40. The van der Waals surface area contributed by atoms with E-state index in [1.165, 1.54) is 19.4 Å². The molecule has 0 radical (unpaired) electrons. The molecule has 12 heavy (non-hydrogen) atoms. The Hall–Kier alpha value is -0.300. The van der Waals surface area contributed by atoms with E-state index in [4.69, 9.17) is 0 Å². The molecule has 1 heterocycles. The van der Waals surface area contributed by atoms with Gasteiger partial charge in [0.25, 0.3) is 0 Å². The lowest BCUT2D eigenvalue weighted by atomic mass is 9.95. The summed E-state index contributed by atoms with van der Waals surface area (Å²) in [6.45, 7) is 9.22. The van der Waals surface area contributed by atoms with E-state index in [2.05, 4.69) is 37.8 Å². The van der Waals surface area contributed by atoms with Gasteiger partial charge < -0.3 is 0 Å². The Bertz CT molecular complexity index is 151. The fourth-order valence-corrected chi connectivity index (χ4v) is 1.88. The molecular formula is C11H21N. The molecular weight excluding hydrogens is 146 g/mol. The van der Waals surface area contributed by atoms with Gasteiger partial charge in [-0.1, -0.05) is 19.1 Å². The van der Waals surface area contributed by atoms with Crippen molar-refractivity contribution in [2.45, 2.75) is 39.7 Å². The summed E-state index contributed by atoms with van der Waals surface area (Å²) in [5.74, 6) is 0.895. The van der Waals surface area contributed by atoms with Crippen LogP contribution in [0.5, 0.6) is 0 Å². The van der Waals surface area contributed by atoms with Crippen LogP contribution in [0.3, 0.4) is 0 Å². The molecule has 2 atom stereocenters. The fraction of sp³-hybridized carbons (Fsp3) is 0.818. The number of piperidine rings is 1. The first-order valence-electron chi connectivity index (χ1n) is 5.09. The van der Waals surface area contributed by atoms with Gasteiger partial charge in [-0.05, 0) is 32.6 Å². The summed E-state index contributed by atoms with van der Waals surface area (Å²) < 4.78 is 0. The lowest BCUT2D eigenvalue weighted by Gasteiger charge is -2.35. The minimum absolute atomic E-state index is 0.789. The second-order valence-electron chi connectivity index (χ2n) is 4.05. The predicted octanol–water partition coefficient (Wildman–Crippen LogP) is 2.68. The zero-order valence-corrected chi connectivity index (χ0v) is 8.59. The average molecular weight is 167 g/mol. The highest BCUT2D eigenvalue weighted by Crippen LogP contribution is 2.20. The molecule has 1 fully saturated rings. The highest BCUT2D eigenvalue weighted by Gasteiger charge is 2.21. The highest BCUT2D eigenvalue weighted by atomic mass is 15.2. The van der Waals surface area contributed by atoms with Crippen LogP contribution >= 0.6 is 0 Å². The molecule has 0 aromatic carbocycles. The molecule has 1 aliphatic rings. The summed E-state index contributed by atoms with van der Waals surface area (Å²) in [7, 11) is 0. The van der Waals surface area contributed by atoms with Gasteiger partial charge in [0, 0.05) is 19.1 Å². The minimum atomic E-state index is 0.789. The Labute approximate surface area is 76.5 Å². The third-order valence-corrected chi connectivity index (χ3v) is 2.82. The van der Waals surface area contributed by atoms with Crippen molar-refractivity contribution in [2.24, 2.45) is 5.92 Å². The Morgan fingerprint density at radius 3 is 2.75 bits per heavy atom. The van der Waals surface area contributed by atoms with Crippen LogP contribution in [0.1, 0.15) is 33.6 Å². The summed E-state index contributed by atoms with van der Waals surface area (Å²) in [6, 6.07) is 0.789. The maximum Gasteiger partial charge on any atom is 0.0166 e. The molecule has 1 saturated heterocycles. The molecule has 0 aromatic rings. The van der Waals surface area contributed by atoms with Gasteiger partial charge in [0.15, 0.2) is 0 Å². The summed E-state index contributed by atoms with van der Waals surface area (Å²) in [5.41, 5.74) is 0. The first kappa shape index (κ1) is 9.79. The molecule has 1 nitrogen and oxygen atoms in total. The van der Waals surface area contributed by atoms with Crippen molar-refractivity contribution in [3.8, 4) is 0 Å². The zero-order chi connectivity index (χ0) is 8.97. The van der Waals surface area contributed by atoms with E-state index in [0.29, 0.717) is 0 Å². The maximum atomic E-state index is 2.58. The van der Waals surface area contributed by atoms with E-state index < -0.39 is 0 Å². The number of hydrogen-bond donors (Lipinski definition) is 0. The fourth-order valence-electron chi connectivity index (χ4n) is 1.88. The minimum Gasteiger partial charge on any atom is -0.297 e. The van der Waals surface area contributed by atoms with Gasteiger partial charge in [-0.25, -0.2) is 0 Å². The molecule has 1 heteroatoms. The van der Waals surface area contributed by atoms with Crippen molar-refractivity contribution in [3.05, 3.63) is 12.2 Å². The molecule has 2 unspecified atom stereocenters. The van der Waals surface area contributed by atoms with Crippen molar-refractivity contribution in [2.75, 3.05) is 13.1 Å². The molecule has 0 amide bonds. The Morgan fingerprint density at radius 1 is 1.33 bits per heavy atom. The topological polar surface area (TPSA) is 3.24 Å². The molecule has 0 bridgehead atoms. The van der Waals surface area contributed by atoms with Crippen molar-refractivity contribution in [3.63, 3.8) is 0 Å². The van der Waals surface area contributed by atoms with Gasteiger partial charge in [0.05, 0.1) is 0 Å². The van der Waals surface area contributed by atoms with Gasteiger partial charge in [-0.2, -0.15) is 0 Å². The van der Waals surface area contributed by atoms with Crippen molar-refractivity contribution in [1.29, 1.82) is 0 Å². The lowest BCUT2D eigenvalue weighted by molar-refractivity contribution is 0.140. The number of hydrogen-bond acceptors (Lipinski definition) is 1. The number of rotatable bonds is 2. The van der Waals surface area contributed by atoms with Gasteiger partial charge >= 0.3 is 0 Å². The van der Waals surface area contributed by atoms with E-state index >= 15 is 0 Å². The van der Waals surface area contributed by atoms with Crippen molar-refractivity contribution < 1.29 is 0 Å². The highest BCUT2D eigenvalue weighted by molar-refractivity contribution is 4.86. The normalized spacial score (nSPS) is 32.9. The van der Waals surface area contributed by atoms with Crippen LogP contribution in [0, 0.1) is 5.92 Å². The number of likely N-dealkylation sites (tertiary alicyclic amines) is 1. The average Bonchev–Trinajstić information content (AvgIpc) is 2.07. The van der Waals surface area contributed by atoms with E-state index in [-0.39, 0.29) is 0 Å². The second kappa shape index (κ2) is 4.66. The van der Waals surface area contributed by atoms with E-state index in [0.717, 1.165) is 18.5 Å². The van der Waals surface area contributed by atoms with Crippen molar-refractivity contribution >= 4 is 0 Å². The molecule has 1 aliphatic heterocycles.